The van der Waals surface area contributed by atoms with Crippen molar-refractivity contribution in [2.24, 2.45) is 0 Å². The molecule has 0 N–H and O–H groups in total. The average molecular weight is 421 g/mol. The standard InChI is InChI=1S/C20H22F3N5O2/c1-12-5-17(19(29)28-10-15(11-28)30-2)25-26-18(12)27-4-3-16-14(9-27)6-13(8-24-16)7-20(21,22)23/h5-6,8,15H,3-4,7,9-11H2,1-2H3. The van der Waals surface area contributed by atoms with Crippen LogP contribution < -0.4 is 4.90 Å². The van der Waals surface area contributed by atoms with Crippen molar-refractivity contribution in [2.45, 2.75) is 38.6 Å². The monoisotopic (exact) mass is 421 g/mol. The number of hydrogen-bond donors (Lipinski definition) is 0. The van der Waals surface area contributed by atoms with E-state index in [1.54, 1.807) is 24.1 Å². The summed E-state index contributed by atoms with van der Waals surface area (Å²) in [5.41, 5.74) is 2.78. The van der Waals surface area contributed by atoms with Gasteiger partial charge in [-0.05, 0) is 29.7 Å². The van der Waals surface area contributed by atoms with E-state index in [1.807, 2.05) is 11.8 Å². The Balaban J connectivity index is 1.49. The number of anilines is 1. The fourth-order valence-electron chi connectivity index (χ4n) is 3.80. The van der Waals surface area contributed by atoms with Crippen LogP contribution in [0.4, 0.5) is 19.0 Å². The van der Waals surface area contributed by atoms with Crippen molar-refractivity contribution >= 4 is 11.7 Å². The number of aryl methyl sites for hydroxylation is 1. The number of pyridine rings is 1. The number of carbonyl (C=O) groups excluding carboxylic acids is 1. The van der Waals surface area contributed by atoms with E-state index >= 15 is 0 Å². The highest BCUT2D eigenvalue weighted by Gasteiger charge is 2.32. The quantitative estimate of drug-likeness (QED) is 0.755. The molecular formula is C20H22F3N5O2. The van der Waals surface area contributed by atoms with Crippen molar-refractivity contribution in [3.63, 3.8) is 0 Å². The summed E-state index contributed by atoms with van der Waals surface area (Å²) >= 11 is 0. The maximum atomic E-state index is 12.7. The predicted octanol–water partition coefficient (Wildman–Crippen LogP) is 2.32. The SMILES string of the molecule is COC1CN(C(=O)c2cc(C)c(N3CCc4ncc(CC(F)(F)F)cc4C3)nn2)C1. The molecule has 2 aliphatic rings. The maximum Gasteiger partial charge on any atom is 0.393 e. The third-order valence-electron chi connectivity index (χ3n) is 5.45. The lowest BCUT2D eigenvalue weighted by Crippen LogP contribution is -2.54. The number of aromatic nitrogens is 3. The average Bonchev–Trinajstić information content (AvgIpc) is 2.65. The first-order valence-electron chi connectivity index (χ1n) is 9.68. The van der Waals surface area contributed by atoms with Gasteiger partial charge >= 0.3 is 6.18 Å². The van der Waals surface area contributed by atoms with Crippen molar-refractivity contribution in [1.82, 2.24) is 20.1 Å². The predicted molar refractivity (Wildman–Crippen MR) is 102 cm³/mol. The second-order valence-electron chi connectivity index (χ2n) is 7.72. The van der Waals surface area contributed by atoms with Gasteiger partial charge in [0, 0.05) is 51.6 Å². The van der Waals surface area contributed by atoms with Gasteiger partial charge in [-0.1, -0.05) is 6.07 Å². The summed E-state index contributed by atoms with van der Waals surface area (Å²) in [6.07, 6.45) is -3.29. The summed E-state index contributed by atoms with van der Waals surface area (Å²) in [4.78, 5) is 20.3. The molecule has 4 heterocycles. The molecule has 0 saturated carbocycles. The summed E-state index contributed by atoms with van der Waals surface area (Å²) in [7, 11) is 1.61. The molecule has 1 amide bonds. The summed E-state index contributed by atoms with van der Waals surface area (Å²) in [6.45, 7) is 3.95. The lowest BCUT2D eigenvalue weighted by Gasteiger charge is -2.37. The molecule has 4 rings (SSSR count). The van der Waals surface area contributed by atoms with E-state index in [1.165, 1.54) is 6.20 Å². The van der Waals surface area contributed by atoms with Gasteiger partial charge in [-0.25, -0.2) is 0 Å². The number of halogens is 3. The molecule has 0 spiro atoms. The second kappa shape index (κ2) is 7.82. The van der Waals surface area contributed by atoms with Crippen molar-refractivity contribution < 1.29 is 22.7 Å². The smallest absolute Gasteiger partial charge is 0.378 e. The van der Waals surface area contributed by atoms with E-state index in [4.69, 9.17) is 4.74 Å². The zero-order chi connectivity index (χ0) is 21.5. The topological polar surface area (TPSA) is 71.5 Å². The van der Waals surface area contributed by atoms with Crippen LogP contribution in [0, 0.1) is 6.92 Å². The number of amides is 1. The first kappa shape index (κ1) is 20.5. The van der Waals surface area contributed by atoms with Gasteiger partial charge < -0.3 is 14.5 Å². The lowest BCUT2D eigenvalue weighted by atomic mass is 10.0. The van der Waals surface area contributed by atoms with E-state index in [9.17, 15) is 18.0 Å². The van der Waals surface area contributed by atoms with E-state index < -0.39 is 12.6 Å². The lowest BCUT2D eigenvalue weighted by molar-refractivity contribution is -0.127. The number of fused-ring (bicyclic) bond motifs is 1. The van der Waals surface area contributed by atoms with Crippen LogP contribution in [-0.4, -0.2) is 65.0 Å². The van der Waals surface area contributed by atoms with Crippen LogP contribution in [0.15, 0.2) is 18.3 Å². The van der Waals surface area contributed by atoms with Gasteiger partial charge in [0.1, 0.15) is 0 Å². The van der Waals surface area contributed by atoms with Crippen molar-refractivity contribution in [1.29, 1.82) is 0 Å². The number of likely N-dealkylation sites (tertiary alicyclic amines) is 1. The number of carbonyl (C=O) groups is 1. The minimum Gasteiger partial charge on any atom is -0.378 e. The summed E-state index contributed by atoms with van der Waals surface area (Å²) in [6, 6.07) is 3.28. The number of hydrogen-bond acceptors (Lipinski definition) is 6. The van der Waals surface area contributed by atoms with Crippen LogP contribution in [-0.2, 0) is 24.1 Å². The Morgan fingerprint density at radius 3 is 2.70 bits per heavy atom. The number of ether oxygens (including phenoxy) is 1. The molecule has 0 aromatic carbocycles. The fraction of sp³-hybridized carbons (Fsp3) is 0.500. The van der Waals surface area contributed by atoms with Gasteiger partial charge in [0.25, 0.3) is 5.91 Å². The van der Waals surface area contributed by atoms with Gasteiger partial charge in [0.2, 0.25) is 0 Å². The molecule has 0 atom stereocenters. The zero-order valence-corrected chi connectivity index (χ0v) is 16.7. The maximum absolute atomic E-state index is 12.7. The van der Waals surface area contributed by atoms with E-state index in [2.05, 4.69) is 15.2 Å². The highest BCUT2D eigenvalue weighted by atomic mass is 19.4. The van der Waals surface area contributed by atoms with Gasteiger partial charge in [-0.15, -0.1) is 10.2 Å². The molecule has 0 radical (unpaired) electrons. The molecule has 160 valence electrons. The molecule has 0 unspecified atom stereocenters. The van der Waals surface area contributed by atoms with Gasteiger partial charge in [-0.2, -0.15) is 13.2 Å². The molecular weight excluding hydrogens is 399 g/mol. The molecule has 30 heavy (non-hydrogen) atoms. The number of alkyl halides is 3. The molecule has 10 heteroatoms. The summed E-state index contributed by atoms with van der Waals surface area (Å²) in [5.74, 6) is 0.437. The Morgan fingerprint density at radius 1 is 1.27 bits per heavy atom. The fourth-order valence-corrected chi connectivity index (χ4v) is 3.80. The molecule has 2 aromatic rings. The van der Waals surface area contributed by atoms with Crippen LogP contribution in [0.1, 0.15) is 32.9 Å². The molecule has 7 nitrogen and oxygen atoms in total. The van der Waals surface area contributed by atoms with Crippen LogP contribution >= 0.6 is 0 Å². The van der Waals surface area contributed by atoms with E-state index in [0.717, 1.165) is 16.8 Å². The van der Waals surface area contributed by atoms with E-state index in [-0.39, 0.29) is 23.3 Å². The molecule has 1 fully saturated rings. The number of nitrogens with zero attached hydrogens (tertiary/aromatic N) is 5. The highest BCUT2D eigenvalue weighted by molar-refractivity contribution is 5.93. The Bertz CT molecular complexity index is 960. The zero-order valence-electron chi connectivity index (χ0n) is 16.7. The normalized spacial score (nSPS) is 17.0. The van der Waals surface area contributed by atoms with Crippen LogP contribution in [0.2, 0.25) is 0 Å². The van der Waals surface area contributed by atoms with Gasteiger partial charge in [0.05, 0.1) is 12.5 Å². The van der Waals surface area contributed by atoms with Crippen LogP contribution in [0.5, 0.6) is 0 Å². The Kier molecular flexibility index (Phi) is 5.35. The van der Waals surface area contributed by atoms with Crippen LogP contribution in [0.3, 0.4) is 0 Å². The third-order valence-corrected chi connectivity index (χ3v) is 5.45. The molecule has 0 aliphatic carbocycles. The Labute approximate surface area is 171 Å². The molecule has 1 saturated heterocycles. The van der Waals surface area contributed by atoms with Crippen molar-refractivity contribution in [2.75, 3.05) is 31.6 Å². The molecule has 2 aliphatic heterocycles. The molecule has 0 bridgehead atoms. The Morgan fingerprint density at radius 2 is 2.03 bits per heavy atom. The van der Waals surface area contributed by atoms with Gasteiger partial charge in [0.15, 0.2) is 11.5 Å². The second-order valence-corrected chi connectivity index (χ2v) is 7.72. The highest BCUT2D eigenvalue weighted by Crippen LogP contribution is 2.27. The van der Waals surface area contributed by atoms with E-state index in [0.29, 0.717) is 38.4 Å². The first-order valence-corrected chi connectivity index (χ1v) is 9.68. The summed E-state index contributed by atoms with van der Waals surface area (Å²) < 4.78 is 43.3. The Hall–Kier alpha value is -2.75. The number of rotatable bonds is 4. The van der Waals surface area contributed by atoms with Gasteiger partial charge in [-0.3, -0.25) is 9.78 Å². The summed E-state index contributed by atoms with van der Waals surface area (Å²) in [5, 5.41) is 8.36. The third kappa shape index (κ3) is 4.23. The largest absolute Gasteiger partial charge is 0.393 e. The molecule has 2 aromatic heterocycles. The van der Waals surface area contributed by atoms with Crippen molar-refractivity contribution in [3.05, 3.63) is 46.4 Å². The van der Waals surface area contributed by atoms with Crippen LogP contribution in [0.25, 0.3) is 0 Å². The number of methoxy groups -OCH3 is 1. The minimum atomic E-state index is -4.27. The first-order chi connectivity index (χ1) is 14.2. The van der Waals surface area contributed by atoms with Crippen molar-refractivity contribution in [3.8, 4) is 0 Å². The minimum absolute atomic E-state index is 0.0616.